The van der Waals surface area contributed by atoms with Gasteiger partial charge in [-0.05, 0) is 108 Å². The minimum Gasteiger partial charge on any atom is -0.444 e. The van der Waals surface area contributed by atoms with Gasteiger partial charge in [0.2, 0.25) is 21.7 Å². The molecule has 0 spiro atoms. The van der Waals surface area contributed by atoms with Gasteiger partial charge < -0.3 is 4.74 Å². The number of nitrogens with zero attached hydrogens (tertiary/aromatic N) is 8. The lowest BCUT2D eigenvalue weighted by molar-refractivity contribution is -0.145. The summed E-state index contributed by atoms with van der Waals surface area (Å²) < 4.78 is 151. The molecule has 1 amide bonds. The highest BCUT2D eigenvalue weighted by atomic mass is 32.2. The van der Waals surface area contributed by atoms with Crippen LogP contribution >= 0.6 is 0 Å². The second-order valence-corrected chi connectivity index (χ2v) is 20.5. The number of carbonyl (C=O) groups is 3. The molecule has 1 unspecified atom stereocenters. The zero-order chi connectivity index (χ0) is 51.4. The Labute approximate surface area is 400 Å². The van der Waals surface area contributed by atoms with Gasteiger partial charge in [0.25, 0.3) is 0 Å². The number of sulfonamides is 1. The molecular formula is C47H43F9N8O6S. The SMILES string of the molecule is CC(C)(C)OC(=O)N1C2CC(C2)C1C(=O)CCc1cc(-c2cnc(C(F)(F)F)nc2)c(F)cn1.O=C(CCc1cc(-c2cnc(C(F)(F)F)nc2)c(F)cn1)[C@@H]1C2CC(C2)N1S(=O)(=O)c1ccc(F)cc1. The Morgan fingerprint density at radius 3 is 1.48 bits per heavy atom. The van der Waals surface area contributed by atoms with Crippen LogP contribution in [0.25, 0.3) is 22.3 Å². The molecule has 71 heavy (non-hydrogen) atoms. The molecule has 2 atom stereocenters. The summed E-state index contributed by atoms with van der Waals surface area (Å²) in [6.07, 6.45) is -1.69. The maximum Gasteiger partial charge on any atom is 0.451 e. The van der Waals surface area contributed by atoms with Gasteiger partial charge in [-0.2, -0.15) is 30.6 Å². The first kappa shape index (κ1) is 50.9. The number of aryl methyl sites for hydroxylation is 2. The fraction of sp³-hybridized carbons (Fsp3) is 0.426. The number of rotatable bonds is 12. The van der Waals surface area contributed by atoms with Crippen molar-refractivity contribution in [3.63, 3.8) is 0 Å². The van der Waals surface area contributed by atoms with Gasteiger partial charge in [0, 0.05) is 83.4 Å². The molecule has 6 aliphatic rings. The Morgan fingerprint density at radius 1 is 0.620 bits per heavy atom. The number of Topliss-reactive ketones (excluding diaryl/α,β-unsaturated/α-hetero) is 2. The number of ether oxygens (including phenoxy) is 1. The monoisotopic (exact) mass is 1020 g/mol. The van der Waals surface area contributed by atoms with Crippen molar-refractivity contribution in [2.45, 2.75) is 119 Å². The van der Waals surface area contributed by atoms with E-state index < -0.39 is 75.3 Å². The van der Waals surface area contributed by atoms with Gasteiger partial charge in [-0.1, -0.05) is 0 Å². The number of halogens is 9. The van der Waals surface area contributed by atoms with Crippen LogP contribution in [0.5, 0.6) is 0 Å². The van der Waals surface area contributed by atoms with Crippen LogP contribution in [0, 0.1) is 29.3 Å². The highest BCUT2D eigenvalue weighted by molar-refractivity contribution is 7.89. The summed E-state index contributed by atoms with van der Waals surface area (Å²) in [5, 5.41) is 0. The topological polar surface area (TPSA) is 178 Å². The van der Waals surface area contributed by atoms with Crippen LogP contribution in [0.3, 0.4) is 0 Å². The summed E-state index contributed by atoms with van der Waals surface area (Å²) in [5.74, 6) is -5.25. The summed E-state index contributed by atoms with van der Waals surface area (Å²) in [7, 11) is -4.02. The van der Waals surface area contributed by atoms with Crippen molar-refractivity contribution in [2.75, 3.05) is 0 Å². The van der Waals surface area contributed by atoms with Crippen molar-refractivity contribution >= 4 is 27.7 Å². The lowest BCUT2D eigenvalue weighted by Crippen LogP contribution is -2.44. The van der Waals surface area contributed by atoms with E-state index in [1.807, 2.05) is 0 Å². The molecule has 2 saturated carbocycles. The minimum atomic E-state index is -4.74. The van der Waals surface area contributed by atoms with E-state index in [9.17, 15) is 62.3 Å². The summed E-state index contributed by atoms with van der Waals surface area (Å²) >= 11 is 0. The lowest BCUT2D eigenvalue weighted by atomic mass is 9.81. The molecule has 0 radical (unpaired) electrons. The number of hydrogen-bond acceptors (Lipinski definition) is 12. The van der Waals surface area contributed by atoms with Crippen LogP contribution in [0.4, 0.5) is 44.3 Å². The third-order valence-corrected chi connectivity index (χ3v) is 14.6. The Hall–Kier alpha value is -6.43. The number of fused-ring (bicyclic) bond motifs is 2. The molecule has 1 aromatic carbocycles. The molecule has 4 aliphatic heterocycles. The maximum atomic E-state index is 14.4. The van der Waals surface area contributed by atoms with Crippen molar-refractivity contribution in [3.8, 4) is 22.3 Å². The fourth-order valence-corrected chi connectivity index (χ4v) is 11.2. The number of carbonyl (C=O) groups excluding carboxylic acids is 3. The van der Waals surface area contributed by atoms with Gasteiger partial charge in [0.05, 0.1) is 29.4 Å². The lowest BCUT2D eigenvalue weighted by Gasteiger charge is -2.29. The van der Waals surface area contributed by atoms with Crippen LogP contribution < -0.4 is 0 Å². The van der Waals surface area contributed by atoms with E-state index in [1.165, 1.54) is 16.4 Å². The molecule has 11 rings (SSSR count). The first-order valence-electron chi connectivity index (χ1n) is 22.2. The van der Waals surface area contributed by atoms with E-state index in [0.29, 0.717) is 24.2 Å². The van der Waals surface area contributed by atoms with E-state index in [4.69, 9.17) is 4.74 Å². The number of hydrogen-bond donors (Lipinski definition) is 0. The zero-order valence-corrected chi connectivity index (χ0v) is 38.7. The predicted octanol–water partition coefficient (Wildman–Crippen LogP) is 8.79. The van der Waals surface area contributed by atoms with Crippen LogP contribution in [0.2, 0.25) is 0 Å². The van der Waals surface area contributed by atoms with E-state index in [0.717, 1.165) is 74.3 Å². The summed E-state index contributed by atoms with van der Waals surface area (Å²) in [5.41, 5.74) is -0.00299. The molecular weight excluding hydrogens is 976 g/mol. The van der Waals surface area contributed by atoms with Crippen molar-refractivity contribution in [1.82, 2.24) is 39.1 Å². The summed E-state index contributed by atoms with van der Waals surface area (Å²) in [4.78, 5) is 61.2. The summed E-state index contributed by atoms with van der Waals surface area (Å²) in [6, 6.07) is 5.38. The highest BCUT2D eigenvalue weighted by Gasteiger charge is 2.58. The van der Waals surface area contributed by atoms with Crippen LogP contribution in [0.15, 0.2) is 78.5 Å². The van der Waals surface area contributed by atoms with Crippen LogP contribution in [-0.4, -0.2) is 95.0 Å². The Kier molecular flexibility index (Phi) is 13.8. The molecule has 4 aromatic heterocycles. The number of alkyl halides is 6. The van der Waals surface area contributed by atoms with Crippen molar-refractivity contribution in [2.24, 2.45) is 11.8 Å². The summed E-state index contributed by atoms with van der Waals surface area (Å²) in [6.45, 7) is 5.30. The average Bonchev–Trinajstić information content (AvgIpc) is 4.06. The maximum absolute atomic E-state index is 14.4. The number of amides is 1. The molecule has 8 heterocycles. The Morgan fingerprint density at radius 2 is 1.04 bits per heavy atom. The first-order valence-corrected chi connectivity index (χ1v) is 23.7. The third kappa shape index (κ3) is 10.9. The molecule has 24 heteroatoms. The van der Waals surface area contributed by atoms with E-state index in [2.05, 4.69) is 29.9 Å². The molecule has 5 aromatic rings. The van der Waals surface area contributed by atoms with E-state index >= 15 is 0 Å². The van der Waals surface area contributed by atoms with E-state index in [-0.39, 0.29) is 88.3 Å². The smallest absolute Gasteiger partial charge is 0.444 e. The van der Waals surface area contributed by atoms with E-state index in [1.54, 1.807) is 25.7 Å². The second kappa shape index (κ2) is 19.3. The Balaban J connectivity index is 0.000000191. The minimum absolute atomic E-state index is 0.00372. The highest BCUT2D eigenvalue weighted by Crippen LogP contribution is 2.50. The van der Waals surface area contributed by atoms with Gasteiger partial charge in [0.1, 0.15) is 23.1 Å². The quantitative estimate of drug-likeness (QED) is 0.109. The number of pyridine rings is 2. The molecule has 14 nitrogen and oxygen atoms in total. The molecule has 6 fully saturated rings. The average molecular weight is 1020 g/mol. The molecule has 376 valence electrons. The first-order chi connectivity index (χ1) is 33.3. The standard InChI is InChI=1S/C24H19F5N4O3S.C23H24F4N4O3/c25-15-1-4-18(5-2-15)37(35,36)33-17-7-13(8-17)22(33)21(34)6-3-16-9-19(20(26)12-30-16)14-10-31-23(32-11-14)24(27,28)29;1-22(2,3)34-21(33)31-15-6-12(7-15)19(31)18(32)5-4-14-8-16(17(24)11-28-14)13-9-29-20(30-10-13)23(25,26)27/h1-2,4-5,9-13,17,22H,3,6-8H2;8-12,15,19H,4-7H2,1-3H3/t13?,17?,22-;/m0./s1. The molecule has 4 bridgehead atoms. The van der Waals surface area contributed by atoms with Gasteiger partial charge in [-0.15, -0.1) is 0 Å². The van der Waals surface area contributed by atoms with Crippen molar-refractivity contribution < 1.29 is 67.1 Å². The second-order valence-electron chi connectivity index (χ2n) is 18.7. The third-order valence-electron chi connectivity index (χ3n) is 12.7. The normalized spacial score (nSPS) is 21.7. The van der Waals surface area contributed by atoms with Crippen LogP contribution in [-0.2, 0) is 49.5 Å². The zero-order valence-electron chi connectivity index (χ0n) is 37.9. The largest absolute Gasteiger partial charge is 0.451 e. The van der Waals surface area contributed by atoms with Crippen molar-refractivity contribution in [3.05, 3.63) is 114 Å². The fourth-order valence-electron chi connectivity index (χ4n) is 9.28. The number of ketones is 2. The number of aromatic nitrogens is 6. The van der Waals surface area contributed by atoms with Gasteiger partial charge in [-0.25, -0.2) is 46.3 Å². The van der Waals surface area contributed by atoms with Gasteiger partial charge in [-0.3, -0.25) is 24.5 Å². The van der Waals surface area contributed by atoms with Gasteiger partial charge in [0.15, 0.2) is 11.6 Å². The predicted molar refractivity (Wildman–Crippen MR) is 231 cm³/mol. The molecule has 0 N–H and O–H groups in total. The van der Waals surface area contributed by atoms with Gasteiger partial charge >= 0.3 is 18.4 Å². The number of benzene rings is 1. The Bertz CT molecular complexity index is 2930. The molecule has 2 aliphatic carbocycles. The van der Waals surface area contributed by atoms with Crippen LogP contribution in [0.1, 0.15) is 82.3 Å². The molecule has 4 saturated heterocycles. The van der Waals surface area contributed by atoms with Crippen molar-refractivity contribution in [1.29, 1.82) is 0 Å².